The molecule has 0 aromatic carbocycles. The van der Waals surface area contributed by atoms with E-state index in [-0.39, 0.29) is 5.91 Å². The number of carbonyl (C=O) groups is 1. The summed E-state index contributed by atoms with van der Waals surface area (Å²) in [5.74, 6) is 1.96. The van der Waals surface area contributed by atoms with Crippen molar-refractivity contribution in [2.24, 2.45) is 0 Å². The summed E-state index contributed by atoms with van der Waals surface area (Å²) in [5.41, 5.74) is 3.18. The second kappa shape index (κ2) is 9.58. The van der Waals surface area contributed by atoms with E-state index < -0.39 is 0 Å². The van der Waals surface area contributed by atoms with Gasteiger partial charge >= 0.3 is 0 Å². The molecule has 0 bridgehead atoms. The Balaban J connectivity index is 1.43. The molecule has 2 aliphatic heterocycles. The Morgan fingerprint density at radius 2 is 1.47 bits per heavy atom. The van der Waals surface area contributed by atoms with Gasteiger partial charge in [0.05, 0.1) is 5.69 Å². The number of anilines is 1. The second-order valence-corrected chi connectivity index (χ2v) is 8.65. The first-order valence-corrected chi connectivity index (χ1v) is 11.6. The molecule has 0 saturated carbocycles. The van der Waals surface area contributed by atoms with Crippen LogP contribution in [0.5, 0.6) is 0 Å². The van der Waals surface area contributed by atoms with Crippen molar-refractivity contribution in [3.8, 4) is 5.82 Å². The first-order chi connectivity index (χ1) is 14.6. The van der Waals surface area contributed by atoms with Gasteiger partial charge in [-0.3, -0.25) is 4.79 Å². The number of hydrogen-bond acceptors (Lipinski definition) is 5. The monoisotopic (exact) mass is 410 g/mol. The summed E-state index contributed by atoms with van der Waals surface area (Å²) in [6.45, 7) is 8.02. The molecule has 0 atom stereocenters. The first kappa shape index (κ1) is 20.8. The van der Waals surface area contributed by atoms with E-state index >= 15 is 0 Å². The SMILES string of the molecule is Cc1nn(-c2ccc(N3CCCCC3)nn2)c(C)c1CCC(=O)N1CCCCCC1. The molecule has 2 saturated heterocycles. The fourth-order valence-corrected chi connectivity index (χ4v) is 4.69. The van der Waals surface area contributed by atoms with E-state index in [0.717, 1.165) is 74.0 Å². The quantitative estimate of drug-likeness (QED) is 0.753. The zero-order chi connectivity index (χ0) is 20.9. The zero-order valence-electron chi connectivity index (χ0n) is 18.4. The van der Waals surface area contributed by atoms with E-state index in [1.165, 1.54) is 32.1 Å². The van der Waals surface area contributed by atoms with Gasteiger partial charge < -0.3 is 9.80 Å². The van der Waals surface area contributed by atoms with Crippen LogP contribution in [-0.4, -0.2) is 57.0 Å². The Morgan fingerprint density at radius 1 is 0.867 bits per heavy atom. The van der Waals surface area contributed by atoms with E-state index in [1.54, 1.807) is 0 Å². The van der Waals surface area contributed by atoms with Crippen LogP contribution >= 0.6 is 0 Å². The molecule has 7 heteroatoms. The van der Waals surface area contributed by atoms with Gasteiger partial charge in [-0.2, -0.15) is 5.10 Å². The third kappa shape index (κ3) is 4.65. The zero-order valence-corrected chi connectivity index (χ0v) is 18.4. The van der Waals surface area contributed by atoms with E-state index in [0.29, 0.717) is 6.42 Å². The molecule has 0 aliphatic carbocycles. The number of rotatable bonds is 5. The average molecular weight is 411 g/mol. The van der Waals surface area contributed by atoms with Gasteiger partial charge in [0.1, 0.15) is 0 Å². The molecule has 162 valence electrons. The number of aryl methyl sites for hydroxylation is 1. The topological polar surface area (TPSA) is 67.2 Å². The lowest BCUT2D eigenvalue weighted by molar-refractivity contribution is -0.131. The Labute approximate surface area is 179 Å². The predicted molar refractivity (Wildman–Crippen MR) is 118 cm³/mol. The molecule has 4 rings (SSSR count). The van der Waals surface area contributed by atoms with Gasteiger partial charge in [-0.25, -0.2) is 4.68 Å². The lowest BCUT2D eigenvalue weighted by Crippen LogP contribution is -2.32. The van der Waals surface area contributed by atoms with Gasteiger partial charge in [-0.1, -0.05) is 12.8 Å². The fraction of sp³-hybridized carbons (Fsp3) is 0.652. The van der Waals surface area contributed by atoms with Crippen molar-refractivity contribution in [3.05, 3.63) is 29.1 Å². The summed E-state index contributed by atoms with van der Waals surface area (Å²) >= 11 is 0. The molecule has 0 N–H and O–H groups in total. The van der Waals surface area contributed by atoms with Crippen molar-refractivity contribution in [1.29, 1.82) is 0 Å². The van der Waals surface area contributed by atoms with Crippen molar-refractivity contribution >= 4 is 11.7 Å². The van der Waals surface area contributed by atoms with Crippen LogP contribution in [0.4, 0.5) is 5.82 Å². The molecule has 7 nitrogen and oxygen atoms in total. The molecule has 30 heavy (non-hydrogen) atoms. The van der Waals surface area contributed by atoms with Gasteiger partial charge in [0, 0.05) is 38.3 Å². The molecule has 2 aromatic heterocycles. The van der Waals surface area contributed by atoms with E-state index in [4.69, 9.17) is 5.10 Å². The molecular weight excluding hydrogens is 376 g/mol. The fourth-order valence-electron chi connectivity index (χ4n) is 4.69. The maximum absolute atomic E-state index is 12.7. The van der Waals surface area contributed by atoms with E-state index in [2.05, 4.69) is 22.0 Å². The summed E-state index contributed by atoms with van der Waals surface area (Å²) in [5, 5.41) is 13.6. The Morgan fingerprint density at radius 3 is 2.13 bits per heavy atom. The molecule has 2 fully saturated rings. The van der Waals surface area contributed by atoms with E-state index in [1.807, 2.05) is 28.6 Å². The summed E-state index contributed by atoms with van der Waals surface area (Å²) in [6, 6.07) is 4.05. The number of piperidine rings is 1. The number of amides is 1. The molecule has 1 amide bonds. The van der Waals surface area contributed by atoms with Gasteiger partial charge in [0.15, 0.2) is 11.6 Å². The molecule has 4 heterocycles. The van der Waals surface area contributed by atoms with Crippen LogP contribution in [0.15, 0.2) is 12.1 Å². The Bertz CT molecular complexity index is 845. The van der Waals surface area contributed by atoms with Gasteiger partial charge in [0.2, 0.25) is 5.91 Å². The highest BCUT2D eigenvalue weighted by atomic mass is 16.2. The van der Waals surface area contributed by atoms with Crippen LogP contribution < -0.4 is 4.90 Å². The number of nitrogens with zero attached hydrogens (tertiary/aromatic N) is 6. The van der Waals surface area contributed by atoms with Crippen LogP contribution in [-0.2, 0) is 11.2 Å². The van der Waals surface area contributed by atoms with Crippen LogP contribution in [0.2, 0.25) is 0 Å². The van der Waals surface area contributed by atoms with Crippen LogP contribution in [0.1, 0.15) is 68.3 Å². The van der Waals surface area contributed by atoms with Crippen molar-refractivity contribution in [2.45, 2.75) is 71.6 Å². The molecule has 0 spiro atoms. The van der Waals surface area contributed by atoms with Crippen molar-refractivity contribution in [2.75, 3.05) is 31.1 Å². The van der Waals surface area contributed by atoms with Crippen LogP contribution in [0.25, 0.3) is 5.82 Å². The second-order valence-electron chi connectivity index (χ2n) is 8.65. The highest BCUT2D eigenvalue weighted by Gasteiger charge is 2.19. The number of hydrogen-bond donors (Lipinski definition) is 0. The van der Waals surface area contributed by atoms with Gasteiger partial charge in [0.25, 0.3) is 0 Å². The number of likely N-dealkylation sites (tertiary alicyclic amines) is 1. The first-order valence-electron chi connectivity index (χ1n) is 11.6. The predicted octanol–water partition coefficient (Wildman–Crippen LogP) is 3.60. The smallest absolute Gasteiger partial charge is 0.222 e. The standard InChI is InChI=1S/C23H34N6O/c1-18-20(10-13-23(30)28-16-6-3-4-7-17-28)19(2)29(26-18)22-12-11-21(24-25-22)27-14-8-5-9-15-27/h11-12H,3-10,13-17H2,1-2H3. The maximum atomic E-state index is 12.7. The summed E-state index contributed by atoms with van der Waals surface area (Å²) < 4.78 is 1.87. The van der Waals surface area contributed by atoms with E-state index in [9.17, 15) is 4.79 Å². The van der Waals surface area contributed by atoms with Crippen LogP contribution in [0, 0.1) is 13.8 Å². The van der Waals surface area contributed by atoms with Crippen molar-refractivity contribution < 1.29 is 4.79 Å². The minimum atomic E-state index is 0.272. The molecule has 2 aromatic rings. The van der Waals surface area contributed by atoms with Gasteiger partial charge in [-0.15, -0.1) is 10.2 Å². The summed E-state index contributed by atoms with van der Waals surface area (Å²) in [6.07, 6.45) is 9.77. The normalized spacial score (nSPS) is 17.8. The highest BCUT2D eigenvalue weighted by Crippen LogP contribution is 2.21. The minimum absolute atomic E-state index is 0.272. The Kier molecular flexibility index (Phi) is 6.65. The maximum Gasteiger partial charge on any atom is 0.222 e. The third-order valence-corrected chi connectivity index (χ3v) is 6.52. The number of carbonyl (C=O) groups excluding carboxylic acids is 1. The van der Waals surface area contributed by atoms with Crippen molar-refractivity contribution in [3.63, 3.8) is 0 Å². The molecule has 2 aliphatic rings. The Hall–Kier alpha value is -2.44. The van der Waals surface area contributed by atoms with Crippen molar-refractivity contribution in [1.82, 2.24) is 24.9 Å². The average Bonchev–Trinajstić information content (AvgIpc) is 2.96. The lowest BCUT2D eigenvalue weighted by Gasteiger charge is -2.27. The summed E-state index contributed by atoms with van der Waals surface area (Å²) in [4.78, 5) is 17.0. The largest absolute Gasteiger partial charge is 0.355 e. The number of aromatic nitrogens is 4. The third-order valence-electron chi connectivity index (χ3n) is 6.52. The highest BCUT2D eigenvalue weighted by molar-refractivity contribution is 5.76. The summed E-state index contributed by atoms with van der Waals surface area (Å²) in [7, 11) is 0. The van der Waals surface area contributed by atoms with Crippen LogP contribution in [0.3, 0.4) is 0 Å². The molecular formula is C23H34N6O. The lowest BCUT2D eigenvalue weighted by atomic mass is 10.1. The molecule has 0 radical (unpaired) electrons. The van der Waals surface area contributed by atoms with Gasteiger partial charge in [-0.05, 0) is 70.1 Å². The minimum Gasteiger partial charge on any atom is -0.355 e. The molecule has 0 unspecified atom stereocenters.